The second-order valence-electron chi connectivity index (χ2n) is 5.09. The van der Waals surface area contributed by atoms with Gasteiger partial charge in [-0.2, -0.15) is 0 Å². The lowest BCUT2D eigenvalue weighted by atomic mass is 10.1. The summed E-state index contributed by atoms with van der Waals surface area (Å²) in [6.07, 6.45) is 3.23. The molecule has 0 spiro atoms. The van der Waals surface area contributed by atoms with E-state index in [1.54, 1.807) is 11.1 Å². The highest BCUT2D eigenvalue weighted by Gasteiger charge is 2.10. The second kappa shape index (κ2) is 10.3. The first-order chi connectivity index (χ1) is 10.2. The van der Waals surface area contributed by atoms with Crippen LogP contribution >= 0.6 is 0 Å². The number of nitrogens with zero attached hydrogens (tertiary/aromatic N) is 2. The van der Waals surface area contributed by atoms with E-state index in [4.69, 9.17) is 19.8 Å². The number of carbonyl (C=O) groups is 3. The summed E-state index contributed by atoms with van der Waals surface area (Å²) >= 11 is 0. The van der Waals surface area contributed by atoms with Crippen LogP contribution in [-0.4, -0.2) is 51.5 Å². The molecule has 0 atom stereocenters. The standard InChI is InChI=1S/C13H20N2O.C2H2O4/c1-11(2)10-13(16)15(3)9-7-12-6-4-5-8-14-12;3-1(4)2(5)6/h4-6,8,11H,7,9-10H2,1-3H3;(H,3,4)(H,5,6). The highest BCUT2D eigenvalue weighted by molar-refractivity contribution is 6.27. The molecule has 22 heavy (non-hydrogen) atoms. The lowest BCUT2D eigenvalue weighted by Gasteiger charge is -2.17. The number of likely N-dealkylation sites (N-methyl/N-ethyl adjacent to an activating group) is 1. The average molecular weight is 310 g/mol. The fourth-order valence-electron chi connectivity index (χ4n) is 1.46. The van der Waals surface area contributed by atoms with Crippen molar-refractivity contribution < 1.29 is 24.6 Å². The first-order valence-electron chi connectivity index (χ1n) is 6.84. The molecule has 0 saturated carbocycles. The lowest BCUT2D eigenvalue weighted by molar-refractivity contribution is -0.159. The van der Waals surface area contributed by atoms with Crippen LogP contribution in [0.2, 0.25) is 0 Å². The van der Waals surface area contributed by atoms with Gasteiger partial charge in [-0.05, 0) is 18.1 Å². The molecule has 0 aliphatic carbocycles. The van der Waals surface area contributed by atoms with Crippen molar-refractivity contribution in [2.75, 3.05) is 13.6 Å². The molecule has 1 aromatic rings. The van der Waals surface area contributed by atoms with Gasteiger partial charge in [0.25, 0.3) is 0 Å². The van der Waals surface area contributed by atoms with Crippen molar-refractivity contribution in [3.63, 3.8) is 0 Å². The molecule has 1 rings (SSSR count). The predicted octanol–water partition coefficient (Wildman–Crippen LogP) is 1.28. The van der Waals surface area contributed by atoms with Gasteiger partial charge in [-0.3, -0.25) is 9.78 Å². The molecule has 122 valence electrons. The van der Waals surface area contributed by atoms with Crippen LogP contribution in [0.15, 0.2) is 24.4 Å². The van der Waals surface area contributed by atoms with Crippen molar-refractivity contribution in [3.05, 3.63) is 30.1 Å². The summed E-state index contributed by atoms with van der Waals surface area (Å²) in [4.78, 5) is 35.9. The van der Waals surface area contributed by atoms with Gasteiger partial charge in [0.15, 0.2) is 0 Å². The van der Waals surface area contributed by atoms with Gasteiger partial charge in [0.2, 0.25) is 5.91 Å². The number of pyridine rings is 1. The number of hydrogen-bond acceptors (Lipinski definition) is 4. The maximum Gasteiger partial charge on any atom is 0.414 e. The number of carboxylic acid groups (broad SMARTS) is 2. The summed E-state index contributed by atoms with van der Waals surface area (Å²) in [5, 5.41) is 14.8. The van der Waals surface area contributed by atoms with Crippen molar-refractivity contribution in [1.82, 2.24) is 9.88 Å². The molecule has 7 heteroatoms. The highest BCUT2D eigenvalue weighted by atomic mass is 16.4. The summed E-state index contributed by atoms with van der Waals surface area (Å²) < 4.78 is 0. The molecule has 1 aromatic heterocycles. The Balaban J connectivity index is 0.000000626. The molecule has 0 unspecified atom stereocenters. The van der Waals surface area contributed by atoms with E-state index in [9.17, 15) is 4.79 Å². The van der Waals surface area contributed by atoms with Crippen LogP contribution in [0.4, 0.5) is 0 Å². The Morgan fingerprint density at radius 2 is 1.77 bits per heavy atom. The van der Waals surface area contributed by atoms with Crippen molar-refractivity contribution >= 4 is 17.8 Å². The number of aromatic nitrogens is 1. The monoisotopic (exact) mass is 310 g/mol. The van der Waals surface area contributed by atoms with Crippen LogP contribution in [0, 0.1) is 5.92 Å². The first-order valence-corrected chi connectivity index (χ1v) is 6.84. The average Bonchev–Trinajstić information content (AvgIpc) is 2.45. The molecule has 2 N–H and O–H groups in total. The van der Waals surface area contributed by atoms with Gasteiger partial charge in [-0.1, -0.05) is 19.9 Å². The molecule has 0 fully saturated rings. The molecule has 0 radical (unpaired) electrons. The zero-order chi connectivity index (χ0) is 17.1. The SMILES string of the molecule is CC(C)CC(=O)N(C)CCc1ccccn1.O=C(O)C(=O)O. The largest absolute Gasteiger partial charge is 0.473 e. The number of carbonyl (C=O) groups excluding carboxylic acids is 1. The summed E-state index contributed by atoms with van der Waals surface area (Å²) in [5.41, 5.74) is 1.03. The number of rotatable bonds is 5. The number of amides is 1. The third-order valence-electron chi connectivity index (χ3n) is 2.62. The smallest absolute Gasteiger partial charge is 0.414 e. The maximum absolute atomic E-state index is 11.7. The zero-order valence-corrected chi connectivity index (χ0v) is 13.0. The molecular formula is C15H22N2O5. The normalized spacial score (nSPS) is 9.64. The Morgan fingerprint density at radius 1 is 1.18 bits per heavy atom. The van der Waals surface area contributed by atoms with Gasteiger partial charge in [0.05, 0.1) is 0 Å². The molecule has 0 saturated heterocycles. The minimum absolute atomic E-state index is 0.214. The predicted molar refractivity (Wildman–Crippen MR) is 80.3 cm³/mol. The van der Waals surface area contributed by atoms with E-state index in [2.05, 4.69) is 18.8 Å². The first kappa shape index (κ1) is 19.6. The summed E-state index contributed by atoms with van der Waals surface area (Å²) in [6, 6.07) is 5.86. The van der Waals surface area contributed by atoms with Crippen LogP contribution in [0.5, 0.6) is 0 Å². The van der Waals surface area contributed by atoms with Crippen LogP contribution in [-0.2, 0) is 20.8 Å². The number of aliphatic carboxylic acids is 2. The second-order valence-corrected chi connectivity index (χ2v) is 5.09. The number of carboxylic acids is 2. The third kappa shape index (κ3) is 9.46. The minimum Gasteiger partial charge on any atom is -0.473 e. The Labute approximate surface area is 129 Å². The highest BCUT2D eigenvalue weighted by Crippen LogP contribution is 2.04. The summed E-state index contributed by atoms with van der Waals surface area (Å²) in [6.45, 7) is 4.86. The summed E-state index contributed by atoms with van der Waals surface area (Å²) in [5.74, 6) is -3.01. The lowest BCUT2D eigenvalue weighted by Crippen LogP contribution is -2.29. The Hall–Kier alpha value is -2.44. The van der Waals surface area contributed by atoms with Crippen molar-refractivity contribution in [2.24, 2.45) is 5.92 Å². The molecule has 0 aliphatic rings. The minimum atomic E-state index is -1.82. The zero-order valence-electron chi connectivity index (χ0n) is 13.0. The van der Waals surface area contributed by atoms with E-state index in [0.717, 1.165) is 18.7 Å². The molecule has 0 bridgehead atoms. The van der Waals surface area contributed by atoms with Gasteiger partial charge >= 0.3 is 11.9 Å². The van der Waals surface area contributed by atoms with Crippen LogP contribution in [0.25, 0.3) is 0 Å². The molecule has 0 aliphatic heterocycles. The van der Waals surface area contributed by atoms with E-state index in [1.807, 2.05) is 25.2 Å². The summed E-state index contributed by atoms with van der Waals surface area (Å²) in [7, 11) is 1.85. The van der Waals surface area contributed by atoms with Gasteiger partial charge in [-0.15, -0.1) is 0 Å². The van der Waals surface area contributed by atoms with Crippen LogP contribution in [0.3, 0.4) is 0 Å². The van der Waals surface area contributed by atoms with Crippen LogP contribution in [0.1, 0.15) is 26.0 Å². The van der Waals surface area contributed by atoms with E-state index in [1.165, 1.54) is 0 Å². The van der Waals surface area contributed by atoms with Crippen molar-refractivity contribution in [1.29, 1.82) is 0 Å². The van der Waals surface area contributed by atoms with Crippen molar-refractivity contribution in [2.45, 2.75) is 26.7 Å². The molecule has 1 heterocycles. The van der Waals surface area contributed by atoms with Gasteiger partial charge in [-0.25, -0.2) is 9.59 Å². The van der Waals surface area contributed by atoms with Gasteiger partial charge in [0, 0.05) is 38.3 Å². The maximum atomic E-state index is 11.7. The Bertz CT molecular complexity index is 476. The van der Waals surface area contributed by atoms with Crippen molar-refractivity contribution in [3.8, 4) is 0 Å². The van der Waals surface area contributed by atoms with Gasteiger partial charge < -0.3 is 15.1 Å². The number of hydrogen-bond donors (Lipinski definition) is 2. The van der Waals surface area contributed by atoms with E-state index >= 15 is 0 Å². The Kier molecular flexibility index (Phi) is 9.17. The Morgan fingerprint density at radius 3 is 2.18 bits per heavy atom. The topological polar surface area (TPSA) is 108 Å². The fourth-order valence-corrected chi connectivity index (χ4v) is 1.46. The van der Waals surface area contributed by atoms with E-state index in [0.29, 0.717) is 12.3 Å². The quantitative estimate of drug-likeness (QED) is 0.793. The molecule has 1 amide bonds. The molecular weight excluding hydrogens is 288 g/mol. The van der Waals surface area contributed by atoms with Crippen LogP contribution < -0.4 is 0 Å². The van der Waals surface area contributed by atoms with E-state index < -0.39 is 11.9 Å². The molecule has 7 nitrogen and oxygen atoms in total. The third-order valence-corrected chi connectivity index (χ3v) is 2.62. The fraction of sp³-hybridized carbons (Fsp3) is 0.467. The van der Waals surface area contributed by atoms with Gasteiger partial charge in [0.1, 0.15) is 0 Å². The van der Waals surface area contributed by atoms with E-state index in [-0.39, 0.29) is 5.91 Å². The molecule has 0 aromatic carbocycles.